The Bertz CT molecular complexity index is 851. The van der Waals surface area contributed by atoms with Gasteiger partial charge in [0.15, 0.2) is 5.78 Å². The van der Waals surface area contributed by atoms with Crippen LogP contribution in [0.1, 0.15) is 10.4 Å². The van der Waals surface area contributed by atoms with Crippen molar-refractivity contribution in [2.24, 2.45) is 0 Å². The van der Waals surface area contributed by atoms with Gasteiger partial charge in [-0.15, -0.1) is 5.10 Å². The topological polar surface area (TPSA) is 65.1 Å². The monoisotopic (exact) mass is 358 g/mol. The Kier molecular flexibility index (Phi) is 4.02. The maximum atomic E-state index is 12.2. The van der Waals surface area contributed by atoms with Crippen LogP contribution in [0.15, 0.2) is 68.3 Å². The molecule has 0 amide bonds. The molecule has 3 aromatic rings. The number of hydrogen-bond acceptors (Lipinski definition) is 4. The molecule has 0 saturated heterocycles. The minimum atomic E-state index is -0.649. The van der Waals surface area contributed by atoms with Crippen molar-refractivity contribution < 1.29 is 9.21 Å². The molecule has 0 saturated carbocycles. The van der Waals surface area contributed by atoms with Gasteiger partial charge in [0.05, 0.1) is 0 Å². The van der Waals surface area contributed by atoms with E-state index in [1.165, 1.54) is 0 Å². The van der Waals surface area contributed by atoms with E-state index in [-0.39, 0.29) is 18.2 Å². The minimum Gasteiger partial charge on any atom is -0.388 e. The van der Waals surface area contributed by atoms with Crippen LogP contribution in [0.4, 0.5) is 0 Å². The van der Waals surface area contributed by atoms with Crippen LogP contribution in [-0.2, 0) is 6.54 Å². The fraction of sp³-hybridized carbons (Fsp3) is 0.0625. The molecule has 0 aliphatic carbocycles. The average molecular weight is 359 g/mol. The fourth-order valence-electron chi connectivity index (χ4n) is 1.97. The smallest absolute Gasteiger partial charge is 0.388 e. The summed E-state index contributed by atoms with van der Waals surface area (Å²) in [6.45, 7) is -0.156. The highest BCUT2D eigenvalue weighted by Gasteiger charge is 2.14. The number of Topliss-reactive ketones (excluding diaryl/α,β-unsaturated/α-hetero) is 1. The summed E-state index contributed by atoms with van der Waals surface area (Å²) in [5.41, 5.74) is 1.20. The Balaban J connectivity index is 1.84. The Morgan fingerprint density at radius 1 is 1.09 bits per heavy atom. The highest BCUT2D eigenvalue weighted by molar-refractivity contribution is 9.10. The molecular weight excluding hydrogens is 348 g/mol. The summed E-state index contributed by atoms with van der Waals surface area (Å²) in [6, 6.07) is 16.0. The van der Waals surface area contributed by atoms with Gasteiger partial charge in [0.1, 0.15) is 6.54 Å². The number of hydrogen-bond donors (Lipinski definition) is 0. The van der Waals surface area contributed by atoms with Gasteiger partial charge in [-0.25, -0.2) is 4.79 Å². The molecule has 1 aromatic heterocycles. The van der Waals surface area contributed by atoms with Crippen molar-refractivity contribution in [3.8, 4) is 11.5 Å². The molecule has 0 atom stereocenters. The third kappa shape index (κ3) is 3.07. The molecule has 6 heteroatoms. The first-order chi connectivity index (χ1) is 10.6. The van der Waals surface area contributed by atoms with E-state index in [0.29, 0.717) is 11.1 Å². The first-order valence-electron chi connectivity index (χ1n) is 6.55. The SMILES string of the molecule is O=C(Cn1nc(-c2ccccc2)oc1=O)c1ccc(Br)cc1. The lowest BCUT2D eigenvalue weighted by atomic mass is 10.1. The lowest BCUT2D eigenvalue weighted by Crippen LogP contribution is -2.21. The molecule has 0 bridgehead atoms. The van der Waals surface area contributed by atoms with E-state index < -0.39 is 5.76 Å². The van der Waals surface area contributed by atoms with E-state index in [1.807, 2.05) is 18.2 Å². The summed E-state index contributed by atoms with van der Waals surface area (Å²) in [6.07, 6.45) is 0. The highest BCUT2D eigenvalue weighted by Crippen LogP contribution is 2.15. The second-order valence-electron chi connectivity index (χ2n) is 4.63. The first kappa shape index (κ1) is 14.5. The average Bonchev–Trinajstić information content (AvgIpc) is 2.90. The number of halogens is 1. The molecule has 0 aliphatic heterocycles. The van der Waals surface area contributed by atoms with Gasteiger partial charge in [0, 0.05) is 15.6 Å². The summed E-state index contributed by atoms with van der Waals surface area (Å²) in [4.78, 5) is 24.0. The number of benzene rings is 2. The van der Waals surface area contributed by atoms with Gasteiger partial charge in [0.2, 0.25) is 5.89 Å². The van der Waals surface area contributed by atoms with E-state index in [1.54, 1.807) is 36.4 Å². The molecule has 110 valence electrons. The Morgan fingerprint density at radius 3 is 2.45 bits per heavy atom. The predicted molar refractivity (Wildman–Crippen MR) is 84.7 cm³/mol. The molecule has 0 N–H and O–H groups in total. The minimum absolute atomic E-state index is 0.156. The van der Waals surface area contributed by atoms with Crippen LogP contribution in [0.2, 0.25) is 0 Å². The van der Waals surface area contributed by atoms with E-state index in [0.717, 1.165) is 9.15 Å². The Morgan fingerprint density at radius 2 is 1.77 bits per heavy atom. The van der Waals surface area contributed by atoms with E-state index in [2.05, 4.69) is 21.0 Å². The second kappa shape index (κ2) is 6.11. The van der Waals surface area contributed by atoms with Crippen LogP contribution in [0.5, 0.6) is 0 Å². The molecule has 0 radical (unpaired) electrons. The summed E-state index contributed by atoms with van der Waals surface area (Å²) >= 11 is 3.31. The van der Waals surface area contributed by atoms with Crippen LogP contribution >= 0.6 is 15.9 Å². The largest absolute Gasteiger partial charge is 0.437 e. The van der Waals surface area contributed by atoms with Crippen molar-refractivity contribution in [2.75, 3.05) is 0 Å². The van der Waals surface area contributed by atoms with Crippen molar-refractivity contribution >= 4 is 21.7 Å². The van der Waals surface area contributed by atoms with Gasteiger partial charge >= 0.3 is 5.76 Å². The van der Waals surface area contributed by atoms with E-state index in [4.69, 9.17) is 4.42 Å². The lowest BCUT2D eigenvalue weighted by molar-refractivity contribution is 0.0965. The molecule has 0 aliphatic rings. The maximum absolute atomic E-state index is 12.2. The number of nitrogens with zero attached hydrogens (tertiary/aromatic N) is 2. The van der Waals surface area contributed by atoms with Crippen LogP contribution in [0.3, 0.4) is 0 Å². The zero-order valence-electron chi connectivity index (χ0n) is 11.4. The van der Waals surface area contributed by atoms with Gasteiger partial charge in [-0.1, -0.05) is 46.3 Å². The van der Waals surface area contributed by atoms with Gasteiger partial charge in [-0.2, -0.15) is 4.68 Å². The number of carbonyl (C=O) groups excluding carboxylic acids is 1. The molecule has 5 nitrogen and oxygen atoms in total. The lowest BCUT2D eigenvalue weighted by Gasteiger charge is -2.00. The van der Waals surface area contributed by atoms with Crippen molar-refractivity contribution in [1.82, 2.24) is 9.78 Å². The maximum Gasteiger partial charge on any atom is 0.437 e. The van der Waals surface area contributed by atoms with Gasteiger partial charge in [-0.3, -0.25) is 4.79 Å². The van der Waals surface area contributed by atoms with Crippen molar-refractivity contribution in [1.29, 1.82) is 0 Å². The molecule has 2 aromatic carbocycles. The zero-order valence-corrected chi connectivity index (χ0v) is 13.0. The molecule has 1 heterocycles. The van der Waals surface area contributed by atoms with Crippen molar-refractivity contribution in [3.63, 3.8) is 0 Å². The van der Waals surface area contributed by atoms with E-state index in [9.17, 15) is 9.59 Å². The summed E-state index contributed by atoms with van der Waals surface area (Å²) in [5.74, 6) is -0.652. The second-order valence-corrected chi connectivity index (χ2v) is 5.54. The van der Waals surface area contributed by atoms with E-state index >= 15 is 0 Å². The summed E-state index contributed by atoms with van der Waals surface area (Å²) in [5, 5.41) is 4.07. The number of ketones is 1. The standard InChI is InChI=1S/C16H11BrN2O3/c17-13-8-6-11(7-9-13)14(20)10-19-16(21)22-15(18-19)12-4-2-1-3-5-12/h1-9H,10H2. The van der Waals surface area contributed by atoms with Crippen LogP contribution in [0.25, 0.3) is 11.5 Å². The molecule has 22 heavy (non-hydrogen) atoms. The number of aromatic nitrogens is 2. The number of rotatable bonds is 4. The van der Waals surface area contributed by atoms with Crippen LogP contribution < -0.4 is 5.76 Å². The third-order valence-corrected chi connectivity index (χ3v) is 3.62. The van der Waals surface area contributed by atoms with Gasteiger partial charge in [-0.05, 0) is 24.3 Å². The van der Waals surface area contributed by atoms with Gasteiger partial charge < -0.3 is 4.42 Å². The van der Waals surface area contributed by atoms with Crippen molar-refractivity contribution in [3.05, 3.63) is 75.2 Å². The number of carbonyl (C=O) groups is 1. The van der Waals surface area contributed by atoms with Crippen LogP contribution in [-0.4, -0.2) is 15.6 Å². The third-order valence-electron chi connectivity index (χ3n) is 3.09. The molecule has 0 unspecified atom stereocenters. The quantitative estimate of drug-likeness (QED) is 0.672. The normalized spacial score (nSPS) is 10.6. The Labute approximate surface area is 134 Å². The predicted octanol–water partition coefficient (Wildman–Crippen LogP) is 3.15. The fourth-order valence-corrected chi connectivity index (χ4v) is 2.23. The zero-order chi connectivity index (χ0) is 15.5. The molecular formula is C16H11BrN2O3. The summed E-state index contributed by atoms with van der Waals surface area (Å²) in [7, 11) is 0. The molecule has 0 spiro atoms. The van der Waals surface area contributed by atoms with Gasteiger partial charge in [0.25, 0.3) is 0 Å². The first-order valence-corrected chi connectivity index (χ1v) is 7.35. The Hall–Kier alpha value is -2.47. The van der Waals surface area contributed by atoms with Crippen LogP contribution in [0, 0.1) is 0 Å². The molecule has 0 fully saturated rings. The van der Waals surface area contributed by atoms with Crippen molar-refractivity contribution in [2.45, 2.75) is 6.54 Å². The molecule has 3 rings (SSSR count). The summed E-state index contributed by atoms with van der Waals surface area (Å²) < 4.78 is 7.01. The highest BCUT2D eigenvalue weighted by atomic mass is 79.9.